The monoisotopic (exact) mass is 180 g/mol. The molecule has 0 N–H and O–H groups in total. The first-order valence-corrected chi connectivity index (χ1v) is 4.61. The van der Waals surface area contributed by atoms with Gasteiger partial charge in [0.1, 0.15) is 4.70 Å². The van der Waals surface area contributed by atoms with Gasteiger partial charge in [0.25, 0.3) is 0 Å². The fraction of sp³-hybridized carbons (Fsp3) is 0.250. The quantitative estimate of drug-likeness (QED) is 0.709. The van der Waals surface area contributed by atoms with Gasteiger partial charge in [-0.05, 0) is 13.0 Å². The predicted molar refractivity (Wildman–Crippen MR) is 48.6 cm³/mol. The summed E-state index contributed by atoms with van der Waals surface area (Å²) in [5, 5.41) is 0. The van der Waals surface area contributed by atoms with Crippen LogP contribution in [0.4, 0.5) is 0 Å². The highest BCUT2D eigenvalue weighted by molar-refractivity contribution is 7.17. The van der Waals surface area contributed by atoms with Crippen molar-refractivity contribution < 1.29 is 4.74 Å². The molecule has 2 aromatic heterocycles. The van der Waals surface area contributed by atoms with Crippen LogP contribution in [0.1, 0.15) is 6.92 Å². The van der Waals surface area contributed by atoms with Gasteiger partial charge in [-0.25, -0.2) is 9.97 Å². The minimum Gasteiger partial charge on any atom is -0.477 e. The molecule has 0 aromatic carbocycles. The highest BCUT2D eigenvalue weighted by Gasteiger charge is 2.03. The van der Waals surface area contributed by atoms with Crippen LogP contribution in [0.2, 0.25) is 0 Å². The Morgan fingerprint density at radius 1 is 1.50 bits per heavy atom. The van der Waals surface area contributed by atoms with Crippen molar-refractivity contribution in [3.05, 3.63) is 17.8 Å². The summed E-state index contributed by atoms with van der Waals surface area (Å²) in [5.74, 6) is 0.692. The molecule has 2 aromatic rings. The molecular weight excluding hydrogens is 172 g/mol. The summed E-state index contributed by atoms with van der Waals surface area (Å²) in [7, 11) is 0. The average Bonchev–Trinajstić information content (AvgIpc) is 2.53. The van der Waals surface area contributed by atoms with Crippen molar-refractivity contribution in [2.45, 2.75) is 6.92 Å². The molecule has 2 rings (SSSR count). The van der Waals surface area contributed by atoms with Gasteiger partial charge in [0.15, 0.2) is 0 Å². The maximum Gasteiger partial charge on any atom is 0.233 e. The molecule has 12 heavy (non-hydrogen) atoms. The number of hydrogen-bond acceptors (Lipinski definition) is 4. The third kappa shape index (κ3) is 1.14. The first-order valence-electron chi connectivity index (χ1n) is 3.73. The Labute approximate surface area is 74.0 Å². The van der Waals surface area contributed by atoms with Gasteiger partial charge in [0.05, 0.1) is 17.6 Å². The number of rotatable bonds is 2. The molecule has 0 unspecified atom stereocenters. The number of nitrogens with zero attached hydrogens (tertiary/aromatic N) is 2. The van der Waals surface area contributed by atoms with Crippen molar-refractivity contribution in [2.24, 2.45) is 0 Å². The molecule has 2 heterocycles. The predicted octanol–water partition coefficient (Wildman–Crippen LogP) is 2.09. The van der Waals surface area contributed by atoms with Gasteiger partial charge in [0.2, 0.25) is 5.88 Å². The standard InChI is InChI=1S/C8H8N2OS/c1-2-11-8-7-6(3-4-9-8)10-5-12-7/h3-5H,2H2,1H3. The Morgan fingerprint density at radius 2 is 2.42 bits per heavy atom. The minimum atomic E-state index is 0.643. The van der Waals surface area contributed by atoms with Gasteiger partial charge in [-0.3, -0.25) is 0 Å². The summed E-state index contributed by atoms with van der Waals surface area (Å²) in [6.45, 7) is 2.59. The van der Waals surface area contributed by atoms with Crippen LogP contribution in [0.25, 0.3) is 10.2 Å². The fourth-order valence-electron chi connectivity index (χ4n) is 1.01. The Morgan fingerprint density at radius 3 is 3.25 bits per heavy atom. The Kier molecular flexibility index (Phi) is 1.91. The molecule has 0 saturated carbocycles. The second-order valence-electron chi connectivity index (χ2n) is 2.25. The van der Waals surface area contributed by atoms with Crippen LogP contribution in [-0.4, -0.2) is 16.6 Å². The maximum absolute atomic E-state index is 5.34. The van der Waals surface area contributed by atoms with Crippen molar-refractivity contribution in [2.75, 3.05) is 6.61 Å². The van der Waals surface area contributed by atoms with E-state index in [-0.39, 0.29) is 0 Å². The van der Waals surface area contributed by atoms with Crippen LogP contribution in [-0.2, 0) is 0 Å². The van der Waals surface area contributed by atoms with E-state index in [1.807, 2.05) is 13.0 Å². The van der Waals surface area contributed by atoms with Gasteiger partial charge in [0, 0.05) is 6.20 Å². The molecule has 0 aliphatic carbocycles. The van der Waals surface area contributed by atoms with E-state index in [2.05, 4.69) is 9.97 Å². The summed E-state index contributed by atoms with van der Waals surface area (Å²) < 4.78 is 6.36. The van der Waals surface area contributed by atoms with Crippen LogP contribution in [0.15, 0.2) is 17.8 Å². The third-order valence-corrected chi connectivity index (χ3v) is 2.32. The number of thiazole rings is 1. The molecule has 0 saturated heterocycles. The number of fused-ring (bicyclic) bond motifs is 1. The van der Waals surface area contributed by atoms with E-state index < -0.39 is 0 Å². The zero-order chi connectivity index (χ0) is 8.39. The largest absolute Gasteiger partial charge is 0.477 e. The summed E-state index contributed by atoms with van der Waals surface area (Å²) in [6.07, 6.45) is 1.72. The van der Waals surface area contributed by atoms with Crippen molar-refractivity contribution >= 4 is 21.6 Å². The number of hydrogen-bond donors (Lipinski definition) is 0. The second kappa shape index (κ2) is 3.06. The molecule has 0 spiro atoms. The molecule has 0 aliphatic rings. The average molecular weight is 180 g/mol. The van der Waals surface area contributed by atoms with Crippen molar-refractivity contribution in [1.82, 2.24) is 9.97 Å². The van der Waals surface area contributed by atoms with Crippen LogP contribution in [0, 0.1) is 0 Å². The molecule has 0 amide bonds. The Hall–Kier alpha value is -1.16. The van der Waals surface area contributed by atoms with Gasteiger partial charge in [-0.1, -0.05) is 0 Å². The normalized spacial score (nSPS) is 10.4. The molecule has 4 heteroatoms. The fourth-order valence-corrected chi connectivity index (χ4v) is 1.73. The molecule has 0 radical (unpaired) electrons. The SMILES string of the molecule is CCOc1nccc2ncsc12. The van der Waals surface area contributed by atoms with Gasteiger partial charge >= 0.3 is 0 Å². The second-order valence-corrected chi connectivity index (χ2v) is 3.10. The van der Waals surface area contributed by atoms with Crippen LogP contribution in [0.5, 0.6) is 5.88 Å². The first kappa shape index (κ1) is 7.49. The molecule has 62 valence electrons. The van der Waals surface area contributed by atoms with Gasteiger partial charge in [-0.2, -0.15) is 0 Å². The number of ether oxygens (including phenoxy) is 1. The van der Waals surface area contributed by atoms with Crippen LogP contribution in [0.3, 0.4) is 0 Å². The molecule has 0 fully saturated rings. The molecule has 0 aliphatic heterocycles. The van der Waals surface area contributed by atoms with Crippen LogP contribution >= 0.6 is 11.3 Å². The minimum absolute atomic E-state index is 0.643. The van der Waals surface area contributed by atoms with E-state index in [1.165, 1.54) is 0 Å². The zero-order valence-corrected chi connectivity index (χ0v) is 7.47. The summed E-state index contributed by atoms with van der Waals surface area (Å²) >= 11 is 1.56. The van der Waals surface area contributed by atoms with Crippen LogP contribution < -0.4 is 4.74 Å². The Balaban J connectivity index is 2.57. The number of pyridine rings is 1. The van der Waals surface area contributed by atoms with Gasteiger partial charge < -0.3 is 4.74 Å². The van der Waals surface area contributed by atoms with Crippen molar-refractivity contribution in [3.63, 3.8) is 0 Å². The van der Waals surface area contributed by atoms with E-state index in [4.69, 9.17) is 4.74 Å². The van der Waals surface area contributed by atoms with E-state index >= 15 is 0 Å². The lowest BCUT2D eigenvalue weighted by Crippen LogP contribution is -1.93. The summed E-state index contributed by atoms with van der Waals surface area (Å²) in [5.41, 5.74) is 2.76. The first-order chi connectivity index (χ1) is 5.92. The highest BCUT2D eigenvalue weighted by Crippen LogP contribution is 2.25. The summed E-state index contributed by atoms with van der Waals surface area (Å²) in [6, 6.07) is 1.88. The lowest BCUT2D eigenvalue weighted by atomic mass is 10.4. The summed E-state index contributed by atoms with van der Waals surface area (Å²) in [4.78, 5) is 8.28. The molecule has 0 atom stereocenters. The van der Waals surface area contributed by atoms with E-state index in [1.54, 1.807) is 23.0 Å². The zero-order valence-electron chi connectivity index (χ0n) is 6.65. The van der Waals surface area contributed by atoms with E-state index in [0.29, 0.717) is 12.5 Å². The number of aromatic nitrogens is 2. The van der Waals surface area contributed by atoms with Crippen molar-refractivity contribution in [1.29, 1.82) is 0 Å². The Bertz CT molecular complexity index is 385. The molecule has 3 nitrogen and oxygen atoms in total. The third-order valence-electron chi connectivity index (χ3n) is 1.49. The van der Waals surface area contributed by atoms with Gasteiger partial charge in [-0.15, -0.1) is 11.3 Å². The van der Waals surface area contributed by atoms with Crippen molar-refractivity contribution in [3.8, 4) is 5.88 Å². The highest BCUT2D eigenvalue weighted by atomic mass is 32.1. The molecular formula is C8H8N2OS. The maximum atomic E-state index is 5.34. The molecule has 0 bridgehead atoms. The smallest absolute Gasteiger partial charge is 0.233 e. The topological polar surface area (TPSA) is 35.0 Å². The van der Waals surface area contributed by atoms with E-state index in [0.717, 1.165) is 10.2 Å². The lowest BCUT2D eigenvalue weighted by Gasteiger charge is -2.00. The van der Waals surface area contributed by atoms with E-state index in [9.17, 15) is 0 Å². The lowest BCUT2D eigenvalue weighted by molar-refractivity contribution is 0.332.